The molecule has 0 radical (unpaired) electrons. The smallest absolute Gasteiger partial charge is 0.191 e. The summed E-state index contributed by atoms with van der Waals surface area (Å²) in [5, 5.41) is 6.90. The summed E-state index contributed by atoms with van der Waals surface area (Å²) in [7, 11) is 1.79. The lowest BCUT2D eigenvalue weighted by Crippen LogP contribution is -2.50. The normalized spacial score (nSPS) is 19.2. The highest BCUT2D eigenvalue weighted by molar-refractivity contribution is 5.80. The second-order valence-corrected chi connectivity index (χ2v) is 7.00. The zero-order valence-corrected chi connectivity index (χ0v) is 15.2. The second-order valence-electron chi connectivity index (χ2n) is 7.00. The van der Waals surface area contributed by atoms with Crippen LogP contribution in [-0.4, -0.2) is 38.8 Å². The molecule has 1 aromatic carbocycles. The first kappa shape index (κ1) is 18.7. The second kappa shape index (κ2) is 8.47. The Hall–Kier alpha value is -1.62. The van der Waals surface area contributed by atoms with Crippen molar-refractivity contribution in [2.45, 2.75) is 45.1 Å². The average molecular weight is 335 g/mol. The number of ether oxygens (including phenoxy) is 1. The van der Waals surface area contributed by atoms with Gasteiger partial charge in [0, 0.05) is 38.3 Å². The van der Waals surface area contributed by atoms with Crippen LogP contribution in [0.4, 0.5) is 4.39 Å². The molecule has 5 heteroatoms. The summed E-state index contributed by atoms with van der Waals surface area (Å²) in [6, 6.07) is 7.22. The van der Waals surface area contributed by atoms with Crippen LogP contribution in [0, 0.1) is 11.7 Å². The van der Waals surface area contributed by atoms with Gasteiger partial charge in [-0.2, -0.15) is 0 Å². The molecule has 0 aliphatic carbocycles. The van der Waals surface area contributed by atoms with Crippen molar-refractivity contribution in [1.82, 2.24) is 10.6 Å². The van der Waals surface area contributed by atoms with Crippen LogP contribution in [0.25, 0.3) is 0 Å². The Kier molecular flexibility index (Phi) is 6.60. The van der Waals surface area contributed by atoms with Crippen LogP contribution < -0.4 is 10.6 Å². The van der Waals surface area contributed by atoms with Crippen LogP contribution >= 0.6 is 0 Å². The Morgan fingerprint density at radius 2 is 1.83 bits per heavy atom. The number of benzene rings is 1. The molecule has 0 amide bonds. The van der Waals surface area contributed by atoms with Gasteiger partial charge in [0.2, 0.25) is 0 Å². The SMILES string of the molecule is CN=C(NCC1(c2ccc(F)cc2)CCOCC1)NC(C)C(C)C. The molecule has 0 bridgehead atoms. The Labute approximate surface area is 144 Å². The molecule has 1 unspecified atom stereocenters. The van der Waals surface area contributed by atoms with E-state index in [1.54, 1.807) is 19.2 Å². The number of nitrogens with one attached hydrogen (secondary N) is 2. The molecule has 134 valence electrons. The van der Waals surface area contributed by atoms with E-state index < -0.39 is 0 Å². The lowest BCUT2D eigenvalue weighted by atomic mass is 9.74. The van der Waals surface area contributed by atoms with Crippen LogP contribution in [0.1, 0.15) is 39.2 Å². The topological polar surface area (TPSA) is 45.7 Å². The molecule has 1 fully saturated rings. The summed E-state index contributed by atoms with van der Waals surface area (Å²) in [6.45, 7) is 8.74. The number of hydrogen-bond acceptors (Lipinski definition) is 2. The molecular weight excluding hydrogens is 305 g/mol. The molecule has 0 aromatic heterocycles. The van der Waals surface area contributed by atoms with Gasteiger partial charge in [0.15, 0.2) is 5.96 Å². The van der Waals surface area contributed by atoms with Crippen molar-refractivity contribution >= 4 is 5.96 Å². The van der Waals surface area contributed by atoms with Crippen molar-refractivity contribution in [1.29, 1.82) is 0 Å². The van der Waals surface area contributed by atoms with Gasteiger partial charge >= 0.3 is 0 Å². The van der Waals surface area contributed by atoms with Gasteiger partial charge in [0.25, 0.3) is 0 Å². The summed E-state index contributed by atoms with van der Waals surface area (Å²) in [5.74, 6) is 1.14. The van der Waals surface area contributed by atoms with Gasteiger partial charge in [0.05, 0.1) is 0 Å². The number of guanidine groups is 1. The maximum absolute atomic E-state index is 13.3. The van der Waals surface area contributed by atoms with Crippen molar-refractivity contribution in [3.8, 4) is 0 Å². The Balaban J connectivity index is 2.10. The molecule has 4 nitrogen and oxygen atoms in total. The van der Waals surface area contributed by atoms with E-state index in [0.29, 0.717) is 12.0 Å². The zero-order chi connectivity index (χ0) is 17.6. The molecule has 1 heterocycles. The lowest BCUT2D eigenvalue weighted by Gasteiger charge is -2.38. The van der Waals surface area contributed by atoms with Gasteiger partial charge < -0.3 is 15.4 Å². The summed E-state index contributed by atoms with van der Waals surface area (Å²) < 4.78 is 18.8. The minimum absolute atomic E-state index is 0.0510. The zero-order valence-electron chi connectivity index (χ0n) is 15.2. The first-order valence-corrected chi connectivity index (χ1v) is 8.78. The van der Waals surface area contributed by atoms with Crippen molar-refractivity contribution in [2.75, 3.05) is 26.8 Å². The standard InChI is InChI=1S/C19H30FN3O/c1-14(2)15(3)23-18(21-4)22-13-19(9-11-24-12-10-19)16-5-7-17(20)8-6-16/h5-8,14-15H,9-13H2,1-4H3,(H2,21,22,23). The van der Waals surface area contributed by atoms with Crippen LogP contribution in [0.3, 0.4) is 0 Å². The predicted octanol–water partition coefficient (Wildman–Crippen LogP) is 3.08. The number of halogens is 1. The first-order valence-electron chi connectivity index (χ1n) is 8.78. The summed E-state index contributed by atoms with van der Waals surface area (Å²) >= 11 is 0. The molecule has 1 aliphatic heterocycles. The minimum Gasteiger partial charge on any atom is -0.381 e. The van der Waals surface area contributed by atoms with Gasteiger partial charge in [-0.25, -0.2) is 4.39 Å². The van der Waals surface area contributed by atoms with Gasteiger partial charge in [-0.3, -0.25) is 4.99 Å². The molecule has 2 N–H and O–H groups in total. The van der Waals surface area contributed by atoms with Crippen molar-refractivity contribution in [3.63, 3.8) is 0 Å². The molecular formula is C19H30FN3O. The van der Waals surface area contributed by atoms with E-state index in [1.165, 1.54) is 0 Å². The van der Waals surface area contributed by atoms with E-state index in [2.05, 4.69) is 36.4 Å². The highest BCUT2D eigenvalue weighted by atomic mass is 19.1. The van der Waals surface area contributed by atoms with E-state index >= 15 is 0 Å². The Morgan fingerprint density at radius 1 is 1.21 bits per heavy atom. The Bertz CT molecular complexity index is 536. The number of rotatable bonds is 5. The highest BCUT2D eigenvalue weighted by Gasteiger charge is 2.34. The molecule has 1 saturated heterocycles. The van der Waals surface area contributed by atoms with E-state index in [-0.39, 0.29) is 11.2 Å². The summed E-state index contributed by atoms with van der Waals surface area (Å²) in [6.07, 6.45) is 1.84. The van der Waals surface area contributed by atoms with E-state index in [9.17, 15) is 4.39 Å². The molecule has 0 saturated carbocycles. The molecule has 1 aliphatic rings. The van der Waals surface area contributed by atoms with Gasteiger partial charge in [-0.1, -0.05) is 26.0 Å². The fourth-order valence-electron chi connectivity index (χ4n) is 2.96. The fraction of sp³-hybridized carbons (Fsp3) is 0.632. The monoisotopic (exact) mass is 335 g/mol. The maximum atomic E-state index is 13.3. The van der Waals surface area contributed by atoms with E-state index in [0.717, 1.165) is 44.1 Å². The third-order valence-electron chi connectivity index (χ3n) is 5.09. The lowest BCUT2D eigenvalue weighted by molar-refractivity contribution is 0.0513. The summed E-state index contributed by atoms with van der Waals surface area (Å²) in [5.41, 5.74) is 1.11. The number of hydrogen-bond donors (Lipinski definition) is 2. The molecule has 0 spiro atoms. The van der Waals surface area contributed by atoms with Crippen LogP contribution in [-0.2, 0) is 10.2 Å². The van der Waals surface area contributed by atoms with E-state index in [4.69, 9.17) is 4.74 Å². The molecule has 1 atom stereocenters. The maximum Gasteiger partial charge on any atom is 0.191 e. The third kappa shape index (κ3) is 4.69. The molecule has 24 heavy (non-hydrogen) atoms. The Morgan fingerprint density at radius 3 is 2.38 bits per heavy atom. The molecule has 2 rings (SSSR count). The quantitative estimate of drug-likeness (QED) is 0.642. The molecule has 1 aromatic rings. The van der Waals surface area contributed by atoms with Gasteiger partial charge in [-0.15, -0.1) is 0 Å². The minimum atomic E-state index is -0.197. The number of nitrogens with zero attached hydrogens (tertiary/aromatic N) is 1. The average Bonchev–Trinajstić information content (AvgIpc) is 2.59. The largest absolute Gasteiger partial charge is 0.381 e. The first-order chi connectivity index (χ1) is 11.5. The number of aliphatic imine (C=N–C) groups is 1. The summed E-state index contributed by atoms with van der Waals surface area (Å²) in [4.78, 5) is 4.34. The fourth-order valence-corrected chi connectivity index (χ4v) is 2.96. The van der Waals surface area contributed by atoms with Crippen LogP contribution in [0.2, 0.25) is 0 Å². The van der Waals surface area contributed by atoms with Crippen molar-refractivity contribution in [3.05, 3.63) is 35.6 Å². The third-order valence-corrected chi connectivity index (χ3v) is 5.09. The van der Waals surface area contributed by atoms with Crippen molar-refractivity contribution in [2.24, 2.45) is 10.9 Å². The van der Waals surface area contributed by atoms with E-state index in [1.807, 2.05) is 12.1 Å². The van der Waals surface area contributed by atoms with Gasteiger partial charge in [0.1, 0.15) is 5.82 Å². The predicted molar refractivity (Wildman–Crippen MR) is 96.9 cm³/mol. The van der Waals surface area contributed by atoms with Crippen LogP contribution in [0.5, 0.6) is 0 Å². The van der Waals surface area contributed by atoms with Crippen LogP contribution in [0.15, 0.2) is 29.3 Å². The highest BCUT2D eigenvalue weighted by Crippen LogP contribution is 2.34. The van der Waals surface area contributed by atoms with Gasteiger partial charge in [-0.05, 0) is 43.4 Å². The van der Waals surface area contributed by atoms with Crippen molar-refractivity contribution < 1.29 is 9.13 Å².